The minimum Gasteiger partial charge on any atom is -0.325 e. The van der Waals surface area contributed by atoms with Gasteiger partial charge in [-0.2, -0.15) is 0 Å². The van der Waals surface area contributed by atoms with E-state index < -0.39 is 0 Å². The summed E-state index contributed by atoms with van der Waals surface area (Å²) >= 11 is 0. The van der Waals surface area contributed by atoms with E-state index in [0.29, 0.717) is 0 Å². The molecule has 2 N–H and O–H groups in total. The molecule has 0 saturated heterocycles. The van der Waals surface area contributed by atoms with Gasteiger partial charge in [0.1, 0.15) is 0 Å². The lowest BCUT2D eigenvalue weighted by Crippen LogP contribution is -2.36. The van der Waals surface area contributed by atoms with Crippen molar-refractivity contribution in [2.45, 2.75) is 76.7 Å². The summed E-state index contributed by atoms with van der Waals surface area (Å²) in [6, 6.07) is 10.7. The third-order valence-corrected chi connectivity index (χ3v) is 4.72. The largest absolute Gasteiger partial charge is 0.325 e. The maximum Gasteiger partial charge on any atom is 0.0230 e. The van der Waals surface area contributed by atoms with Gasteiger partial charge in [0.15, 0.2) is 0 Å². The molecule has 1 aromatic rings. The Balaban J connectivity index is 1.66. The van der Waals surface area contributed by atoms with Crippen LogP contribution in [0.4, 0.5) is 0 Å². The molecule has 0 saturated carbocycles. The van der Waals surface area contributed by atoms with Crippen LogP contribution in [0.5, 0.6) is 0 Å². The van der Waals surface area contributed by atoms with E-state index in [2.05, 4.69) is 43.3 Å². The van der Waals surface area contributed by atoms with Gasteiger partial charge in [0, 0.05) is 5.54 Å². The van der Waals surface area contributed by atoms with Gasteiger partial charge in [-0.25, -0.2) is 0 Å². The minimum atomic E-state index is 0.0224. The monoisotopic (exact) mass is 285 g/mol. The predicted molar refractivity (Wildman–Crippen MR) is 93.2 cm³/mol. The molecule has 0 radical (unpaired) electrons. The summed E-state index contributed by atoms with van der Waals surface area (Å²) < 4.78 is 0. The molecule has 21 heavy (non-hydrogen) atoms. The lowest BCUT2D eigenvalue weighted by Gasteiger charge is -2.24. The Kier molecular flexibility index (Phi) is 6.50. The zero-order chi connectivity index (χ0) is 15.0. The Labute approximate surface area is 130 Å². The maximum absolute atomic E-state index is 6.60. The molecule has 0 spiro atoms. The summed E-state index contributed by atoms with van der Waals surface area (Å²) in [5.41, 5.74) is 9.42. The van der Waals surface area contributed by atoms with Gasteiger partial charge in [0.2, 0.25) is 0 Å². The van der Waals surface area contributed by atoms with E-state index in [1.54, 1.807) is 0 Å². The molecule has 0 fully saturated rings. The molecule has 1 aliphatic carbocycles. The third kappa shape index (κ3) is 5.32. The summed E-state index contributed by atoms with van der Waals surface area (Å²) in [5.74, 6) is 0. The molecule has 0 aromatic heterocycles. The van der Waals surface area contributed by atoms with Gasteiger partial charge in [-0.15, -0.1) is 0 Å². The maximum atomic E-state index is 6.60. The minimum absolute atomic E-state index is 0.0224. The fourth-order valence-electron chi connectivity index (χ4n) is 3.35. The van der Waals surface area contributed by atoms with Crippen LogP contribution in [-0.4, -0.2) is 5.54 Å². The molecule has 0 bridgehead atoms. The second kappa shape index (κ2) is 8.38. The predicted octanol–water partition coefficient (Wildman–Crippen LogP) is 5.70. The molecule has 0 aliphatic heterocycles. The van der Waals surface area contributed by atoms with Gasteiger partial charge in [0.25, 0.3) is 0 Å². The van der Waals surface area contributed by atoms with Gasteiger partial charge >= 0.3 is 0 Å². The van der Waals surface area contributed by atoms with Crippen LogP contribution in [-0.2, 0) is 0 Å². The quantitative estimate of drug-likeness (QED) is 0.578. The summed E-state index contributed by atoms with van der Waals surface area (Å²) in [6.45, 7) is 2.27. The first kappa shape index (κ1) is 16.3. The molecule has 1 atom stereocenters. The van der Waals surface area contributed by atoms with E-state index >= 15 is 0 Å². The van der Waals surface area contributed by atoms with Gasteiger partial charge < -0.3 is 5.73 Å². The van der Waals surface area contributed by atoms with Crippen LogP contribution < -0.4 is 5.73 Å². The van der Waals surface area contributed by atoms with Gasteiger partial charge in [-0.3, -0.25) is 0 Å². The van der Waals surface area contributed by atoms with Crippen LogP contribution in [0.3, 0.4) is 0 Å². The van der Waals surface area contributed by atoms with Crippen molar-refractivity contribution in [2.24, 2.45) is 5.73 Å². The van der Waals surface area contributed by atoms with E-state index in [0.717, 1.165) is 12.8 Å². The fourth-order valence-corrected chi connectivity index (χ4v) is 3.35. The SMILES string of the molecule is CCCCCCCCCC1(N)CC=C(c2ccccc2)C1. The average Bonchev–Trinajstić information content (AvgIpc) is 2.90. The van der Waals surface area contributed by atoms with Crippen molar-refractivity contribution in [1.82, 2.24) is 0 Å². The lowest BCUT2D eigenvalue weighted by molar-refractivity contribution is 0.398. The molecule has 0 amide bonds. The van der Waals surface area contributed by atoms with Gasteiger partial charge in [-0.1, -0.05) is 88.3 Å². The van der Waals surface area contributed by atoms with Crippen LogP contribution in [0.15, 0.2) is 36.4 Å². The second-order valence-electron chi connectivity index (χ2n) is 6.71. The van der Waals surface area contributed by atoms with E-state index in [1.807, 2.05) is 0 Å². The van der Waals surface area contributed by atoms with Crippen molar-refractivity contribution in [2.75, 3.05) is 0 Å². The van der Waals surface area contributed by atoms with Crippen molar-refractivity contribution in [3.8, 4) is 0 Å². The van der Waals surface area contributed by atoms with Gasteiger partial charge in [0.05, 0.1) is 0 Å². The first-order valence-corrected chi connectivity index (χ1v) is 8.77. The van der Waals surface area contributed by atoms with E-state index in [9.17, 15) is 0 Å². The van der Waals surface area contributed by atoms with Crippen molar-refractivity contribution in [3.63, 3.8) is 0 Å². The van der Waals surface area contributed by atoms with Gasteiger partial charge in [-0.05, 0) is 30.4 Å². The van der Waals surface area contributed by atoms with Crippen LogP contribution in [0, 0.1) is 0 Å². The smallest absolute Gasteiger partial charge is 0.0230 e. The Morgan fingerprint density at radius 2 is 1.62 bits per heavy atom. The van der Waals surface area contributed by atoms with Crippen molar-refractivity contribution in [3.05, 3.63) is 42.0 Å². The van der Waals surface area contributed by atoms with Crippen molar-refractivity contribution >= 4 is 5.57 Å². The highest BCUT2D eigenvalue weighted by molar-refractivity contribution is 5.68. The van der Waals surface area contributed by atoms with Crippen LogP contribution >= 0.6 is 0 Å². The molecular formula is C20H31N. The zero-order valence-corrected chi connectivity index (χ0v) is 13.6. The average molecular weight is 285 g/mol. The van der Waals surface area contributed by atoms with E-state index in [1.165, 1.54) is 62.5 Å². The number of unbranched alkanes of at least 4 members (excludes halogenated alkanes) is 6. The Bertz CT molecular complexity index is 434. The molecule has 1 aliphatic rings. The highest BCUT2D eigenvalue weighted by Gasteiger charge is 2.29. The number of nitrogens with two attached hydrogens (primary N) is 1. The number of hydrogen-bond acceptors (Lipinski definition) is 1. The standard InChI is InChI=1S/C20H31N/c1-2-3-4-5-6-7-11-15-20(21)16-14-19(17-20)18-12-9-8-10-13-18/h8-10,12-14H,2-7,11,15-17,21H2,1H3. The first-order valence-electron chi connectivity index (χ1n) is 8.77. The molecule has 1 heteroatoms. The Morgan fingerprint density at radius 3 is 2.33 bits per heavy atom. The first-order chi connectivity index (χ1) is 10.2. The summed E-state index contributed by atoms with van der Waals surface area (Å²) in [5, 5.41) is 0. The number of hydrogen-bond donors (Lipinski definition) is 1. The molecule has 116 valence electrons. The van der Waals surface area contributed by atoms with Crippen LogP contribution in [0.25, 0.3) is 5.57 Å². The summed E-state index contributed by atoms with van der Waals surface area (Å²) in [6.07, 6.45) is 15.2. The second-order valence-corrected chi connectivity index (χ2v) is 6.71. The van der Waals surface area contributed by atoms with E-state index in [4.69, 9.17) is 5.73 Å². The summed E-state index contributed by atoms with van der Waals surface area (Å²) in [4.78, 5) is 0. The number of benzene rings is 1. The molecule has 1 nitrogen and oxygen atoms in total. The van der Waals surface area contributed by atoms with E-state index in [-0.39, 0.29) is 5.54 Å². The Morgan fingerprint density at radius 1 is 0.952 bits per heavy atom. The lowest BCUT2D eigenvalue weighted by atomic mass is 9.88. The summed E-state index contributed by atoms with van der Waals surface area (Å²) in [7, 11) is 0. The van der Waals surface area contributed by atoms with Crippen LogP contribution in [0.1, 0.15) is 76.7 Å². The molecular weight excluding hydrogens is 254 g/mol. The Hall–Kier alpha value is -1.08. The normalized spacial score (nSPS) is 21.5. The van der Waals surface area contributed by atoms with Crippen molar-refractivity contribution in [1.29, 1.82) is 0 Å². The molecule has 1 aromatic carbocycles. The van der Waals surface area contributed by atoms with Crippen LogP contribution in [0.2, 0.25) is 0 Å². The topological polar surface area (TPSA) is 26.0 Å². The molecule has 1 unspecified atom stereocenters. The van der Waals surface area contributed by atoms with Crippen molar-refractivity contribution < 1.29 is 0 Å². The molecule has 0 heterocycles. The highest BCUT2D eigenvalue weighted by Crippen LogP contribution is 2.36. The number of rotatable bonds is 9. The fraction of sp³-hybridized carbons (Fsp3) is 0.600. The highest BCUT2D eigenvalue weighted by atomic mass is 14.7. The molecule has 2 rings (SSSR count). The third-order valence-electron chi connectivity index (χ3n) is 4.72. The zero-order valence-electron chi connectivity index (χ0n) is 13.6.